The zero-order valence-corrected chi connectivity index (χ0v) is 16.0. The monoisotopic (exact) mass is 399 g/mol. The number of aromatic nitrogens is 2. The van der Waals surface area contributed by atoms with Crippen molar-refractivity contribution in [1.82, 2.24) is 15.1 Å². The lowest BCUT2D eigenvalue weighted by Gasteiger charge is -2.07. The molecule has 0 radical (unpaired) electrons. The summed E-state index contributed by atoms with van der Waals surface area (Å²) in [5.74, 6) is 0.284. The number of nitrogens with one attached hydrogen (secondary N) is 1. The van der Waals surface area contributed by atoms with E-state index < -0.39 is 5.97 Å². The van der Waals surface area contributed by atoms with E-state index in [-0.39, 0.29) is 12.3 Å². The highest BCUT2D eigenvalue weighted by Crippen LogP contribution is 2.21. The number of nitrogens with zero attached hydrogens (tertiary/aromatic N) is 2. The maximum absolute atomic E-state index is 12.3. The number of carboxylic acid groups (broad SMARTS) is 1. The number of carbonyl (C=O) groups excluding carboxylic acids is 1. The second-order valence-corrected chi connectivity index (χ2v) is 8.22. The SMILES string of the molecule is Cc1c(C(=O)NCCSSCCC(=O)O)cnn1-c1cccc(Cl)c1. The molecule has 25 heavy (non-hydrogen) atoms. The third kappa shape index (κ3) is 5.98. The van der Waals surface area contributed by atoms with E-state index in [0.29, 0.717) is 28.6 Å². The Balaban J connectivity index is 1.83. The highest BCUT2D eigenvalue weighted by molar-refractivity contribution is 8.76. The van der Waals surface area contributed by atoms with Crippen LogP contribution in [0.15, 0.2) is 30.5 Å². The number of carboxylic acids is 1. The van der Waals surface area contributed by atoms with E-state index in [1.165, 1.54) is 10.8 Å². The predicted octanol–water partition coefficient (Wildman–Crippen LogP) is 3.42. The van der Waals surface area contributed by atoms with E-state index in [1.54, 1.807) is 33.8 Å². The fourth-order valence-corrected chi connectivity index (χ4v) is 4.12. The molecule has 0 aliphatic carbocycles. The van der Waals surface area contributed by atoms with Crippen LogP contribution in [0.3, 0.4) is 0 Å². The summed E-state index contributed by atoms with van der Waals surface area (Å²) in [6.07, 6.45) is 1.69. The maximum Gasteiger partial charge on any atom is 0.304 e. The Kier molecular flexibility index (Phi) is 7.67. The van der Waals surface area contributed by atoms with Crippen LogP contribution in [-0.2, 0) is 4.79 Å². The summed E-state index contributed by atoms with van der Waals surface area (Å²) in [6, 6.07) is 7.27. The van der Waals surface area contributed by atoms with Crippen LogP contribution in [0.2, 0.25) is 5.02 Å². The van der Waals surface area contributed by atoms with E-state index in [9.17, 15) is 9.59 Å². The van der Waals surface area contributed by atoms with Gasteiger partial charge in [0.1, 0.15) is 0 Å². The first-order valence-electron chi connectivity index (χ1n) is 7.54. The molecular weight excluding hydrogens is 382 g/mol. The van der Waals surface area contributed by atoms with Crippen LogP contribution in [0, 0.1) is 6.92 Å². The van der Waals surface area contributed by atoms with Crippen LogP contribution < -0.4 is 5.32 Å². The number of hydrogen-bond donors (Lipinski definition) is 2. The molecule has 0 bridgehead atoms. The molecule has 9 heteroatoms. The Morgan fingerprint density at radius 2 is 2.08 bits per heavy atom. The zero-order valence-electron chi connectivity index (χ0n) is 13.6. The lowest BCUT2D eigenvalue weighted by molar-refractivity contribution is -0.136. The fourth-order valence-electron chi connectivity index (χ4n) is 2.05. The summed E-state index contributed by atoms with van der Waals surface area (Å²) in [6.45, 7) is 2.34. The van der Waals surface area contributed by atoms with E-state index in [0.717, 1.165) is 11.4 Å². The maximum atomic E-state index is 12.3. The molecule has 0 aliphatic heterocycles. The largest absolute Gasteiger partial charge is 0.481 e. The van der Waals surface area contributed by atoms with Crippen molar-refractivity contribution in [2.45, 2.75) is 13.3 Å². The molecule has 1 aromatic heterocycles. The van der Waals surface area contributed by atoms with Crippen molar-refractivity contribution in [3.8, 4) is 5.69 Å². The summed E-state index contributed by atoms with van der Waals surface area (Å²) in [4.78, 5) is 22.7. The van der Waals surface area contributed by atoms with Crippen LogP contribution >= 0.6 is 33.2 Å². The number of halogens is 1. The second kappa shape index (κ2) is 9.74. The lowest BCUT2D eigenvalue weighted by Crippen LogP contribution is -2.26. The van der Waals surface area contributed by atoms with E-state index >= 15 is 0 Å². The number of amides is 1. The lowest BCUT2D eigenvalue weighted by atomic mass is 10.2. The van der Waals surface area contributed by atoms with Gasteiger partial charge in [0.15, 0.2) is 0 Å². The molecule has 0 saturated heterocycles. The molecule has 1 amide bonds. The van der Waals surface area contributed by atoms with Gasteiger partial charge in [-0.3, -0.25) is 9.59 Å². The molecule has 6 nitrogen and oxygen atoms in total. The van der Waals surface area contributed by atoms with Gasteiger partial charge in [0.2, 0.25) is 0 Å². The van der Waals surface area contributed by atoms with Crippen molar-refractivity contribution in [1.29, 1.82) is 0 Å². The van der Waals surface area contributed by atoms with Gasteiger partial charge in [0.25, 0.3) is 5.91 Å². The second-order valence-electron chi connectivity index (χ2n) is 5.08. The summed E-state index contributed by atoms with van der Waals surface area (Å²) in [7, 11) is 3.03. The first-order valence-corrected chi connectivity index (χ1v) is 10.4. The molecule has 0 aliphatic rings. The first kappa shape index (κ1) is 19.7. The molecule has 1 heterocycles. The Bertz CT molecular complexity index is 752. The number of benzene rings is 1. The average molecular weight is 400 g/mol. The zero-order chi connectivity index (χ0) is 18.2. The third-order valence-corrected chi connectivity index (χ3v) is 5.90. The molecule has 0 atom stereocenters. The van der Waals surface area contributed by atoms with Crippen molar-refractivity contribution < 1.29 is 14.7 Å². The Labute approximate surface area is 158 Å². The van der Waals surface area contributed by atoms with Gasteiger partial charge in [0.05, 0.1) is 29.6 Å². The number of hydrogen-bond acceptors (Lipinski definition) is 5. The van der Waals surface area contributed by atoms with Crippen molar-refractivity contribution in [2.24, 2.45) is 0 Å². The molecule has 0 unspecified atom stereocenters. The Morgan fingerprint density at radius 1 is 1.32 bits per heavy atom. The first-order chi connectivity index (χ1) is 12.0. The molecule has 2 rings (SSSR count). The standard InChI is InChI=1S/C16H18ClN3O3S2/c1-11-14(10-19-20(11)13-4-2-3-12(17)9-13)16(23)18-6-8-25-24-7-5-15(21)22/h2-4,9-10H,5-8H2,1H3,(H,18,23)(H,21,22). The number of rotatable bonds is 9. The molecule has 0 spiro atoms. The van der Waals surface area contributed by atoms with Crippen LogP contribution in [0.1, 0.15) is 22.5 Å². The van der Waals surface area contributed by atoms with E-state index in [2.05, 4.69) is 10.4 Å². The highest BCUT2D eigenvalue weighted by atomic mass is 35.5. The van der Waals surface area contributed by atoms with Crippen molar-refractivity contribution in [2.75, 3.05) is 18.1 Å². The van der Waals surface area contributed by atoms with Gasteiger partial charge in [-0.25, -0.2) is 4.68 Å². The molecule has 2 N–H and O–H groups in total. The van der Waals surface area contributed by atoms with E-state index in [4.69, 9.17) is 16.7 Å². The van der Waals surface area contributed by atoms with Crippen molar-refractivity contribution in [3.63, 3.8) is 0 Å². The number of carbonyl (C=O) groups is 2. The molecular formula is C16H18ClN3O3S2. The van der Waals surface area contributed by atoms with Crippen LogP contribution in [0.25, 0.3) is 5.69 Å². The summed E-state index contributed by atoms with van der Waals surface area (Å²) < 4.78 is 1.68. The van der Waals surface area contributed by atoms with Crippen LogP contribution in [0.5, 0.6) is 0 Å². The normalized spacial score (nSPS) is 10.6. The van der Waals surface area contributed by atoms with Gasteiger partial charge in [0, 0.05) is 23.1 Å². The molecule has 0 saturated carbocycles. The summed E-state index contributed by atoms with van der Waals surface area (Å²) in [5, 5.41) is 16.3. The van der Waals surface area contributed by atoms with Gasteiger partial charge in [-0.05, 0) is 25.1 Å². The quantitative estimate of drug-likeness (QED) is 0.496. The summed E-state index contributed by atoms with van der Waals surface area (Å²) >= 11 is 6.00. The number of aliphatic carboxylic acids is 1. The minimum Gasteiger partial charge on any atom is -0.481 e. The predicted molar refractivity (Wildman–Crippen MR) is 103 cm³/mol. The van der Waals surface area contributed by atoms with Gasteiger partial charge in [-0.1, -0.05) is 39.3 Å². The minimum absolute atomic E-state index is 0.145. The molecule has 0 fully saturated rings. The topological polar surface area (TPSA) is 84.2 Å². The van der Waals surface area contributed by atoms with E-state index in [1.807, 2.05) is 19.1 Å². The Hall–Kier alpha value is -1.64. The van der Waals surface area contributed by atoms with Gasteiger partial charge in [-0.2, -0.15) is 5.10 Å². The highest BCUT2D eigenvalue weighted by Gasteiger charge is 2.14. The minimum atomic E-state index is -0.798. The average Bonchev–Trinajstić information content (AvgIpc) is 2.95. The molecule has 2 aromatic rings. The van der Waals surface area contributed by atoms with Crippen LogP contribution in [0.4, 0.5) is 0 Å². The Morgan fingerprint density at radius 3 is 2.80 bits per heavy atom. The van der Waals surface area contributed by atoms with Gasteiger partial charge >= 0.3 is 5.97 Å². The van der Waals surface area contributed by atoms with Crippen molar-refractivity contribution in [3.05, 3.63) is 46.7 Å². The molecule has 134 valence electrons. The van der Waals surface area contributed by atoms with Crippen molar-refractivity contribution >= 4 is 45.1 Å². The smallest absolute Gasteiger partial charge is 0.304 e. The summed E-state index contributed by atoms with van der Waals surface area (Å²) in [5.41, 5.74) is 2.06. The van der Waals surface area contributed by atoms with Gasteiger partial charge < -0.3 is 10.4 Å². The van der Waals surface area contributed by atoms with Crippen LogP contribution in [-0.4, -0.2) is 44.8 Å². The third-order valence-electron chi connectivity index (χ3n) is 3.26. The molecule has 1 aromatic carbocycles. The van der Waals surface area contributed by atoms with Gasteiger partial charge in [-0.15, -0.1) is 0 Å². The fraction of sp³-hybridized carbons (Fsp3) is 0.312.